The van der Waals surface area contributed by atoms with Gasteiger partial charge in [-0.05, 0) is 35.9 Å². The molecule has 0 bridgehead atoms. The Labute approximate surface area is 168 Å². The number of rotatable bonds is 4. The fraction of sp³-hybridized carbons (Fsp3) is 0.182. The maximum absolute atomic E-state index is 12.7. The van der Waals surface area contributed by atoms with Gasteiger partial charge in [0.25, 0.3) is 5.91 Å². The molecule has 1 saturated heterocycles. The molecule has 1 atom stereocenters. The molecule has 1 fully saturated rings. The lowest BCUT2D eigenvalue weighted by molar-refractivity contribution is -0.0249. The molecule has 1 aliphatic heterocycles. The number of hydrogen-bond acceptors (Lipinski definition) is 5. The number of benzene rings is 1. The lowest BCUT2D eigenvalue weighted by atomic mass is 10.0. The number of nitrogens with zero attached hydrogens (tertiary/aromatic N) is 3. The highest BCUT2D eigenvalue weighted by molar-refractivity contribution is 5.94. The molecule has 2 amide bonds. The maximum atomic E-state index is 12.7. The third-order valence-electron chi connectivity index (χ3n) is 4.83. The summed E-state index contributed by atoms with van der Waals surface area (Å²) >= 11 is 0. The molecule has 4 rings (SSSR count). The molecule has 0 spiro atoms. The average molecular weight is 388 g/mol. The summed E-state index contributed by atoms with van der Waals surface area (Å²) in [6.45, 7) is 1.37. The van der Waals surface area contributed by atoms with E-state index in [2.05, 4.69) is 9.97 Å². The fourth-order valence-corrected chi connectivity index (χ4v) is 3.28. The van der Waals surface area contributed by atoms with Gasteiger partial charge in [0.15, 0.2) is 0 Å². The Kier molecular flexibility index (Phi) is 5.31. The topological polar surface area (TPSA) is 98.4 Å². The predicted molar refractivity (Wildman–Crippen MR) is 107 cm³/mol. The zero-order chi connectivity index (χ0) is 20.2. The minimum atomic E-state index is -0.468. The molecule has 1 unspecified atom stereocenters. The first-order valence-corrected chi connectivity index (χ1v) is 9.30. The van der Waals surface area contributed by atoms with Crippen molar-refractivity contribution in [1.29, 1.82) is 0 Å². The Morgan fingerprint density at radius 2 is 1.93 bits per heavy atom. The zero-order valence-corrected chi connectivity index (χ0v) is 15.7. The molecule has 1 aliphatic rings. The van der Waals surface area contributed by atoms with Gasteiger partial charge in [0, 0.05) is 30.1 Å². The molecule has 29 heavy (non-hydrogen) atoms. The lowest BCUT2D eigenvalue weighted by Gasteiger charge is -2.32. The lowest BCUT2D eigenvalue weighted by Crippen LogP contribution is -2.42. The standard InChI is InChI=1S/C22H20N4O3/c23-21(27)16-5-3-4-15(12-16)17-7-8-18(25-13-17)20-14-26(10-11-29-20)22(28)19-6-1-2-9-24-19/h1-9,12-13,20H,10-11,14H2,(H2,23,27). The van der Waals surface area contributed by atoms with Crippen LogP contribution in [-0.4, -0.2) is 46.4 Å². The third-order valence-corrected chi connectivity index (χ3v) is 4.83. The van der Waals surface area contributed by atoms with Crippen molar-refractivity contribution in [2.24, 2.45) is 5.73 Å². The number of aromatic nitrogens is 2. The van der Waals surface area contributed by atoms with Gasteiger partial charge in [0.1, 0.15) is 11.8 Å². The molecule has 3 heterocycles. The van der Waals surface area contributed by atoms with Crippen molar-refractivity contribution in [1.82, 2.24) is 14.9 Å². The fourth-order valence-electron chi connectivity index (χ4n) is 3.28. The number of ether oxygens (including phenoxy) is 1. The van der Waals surface area contributed by atoms with Crippen LogP contribution in [0.25, 0.3) is 11.1 Å². The maximum Gasteiger partial charge on any atom is 0.272 e. The average Bonchev–Trinajstić information content (AvgIpc) is 2.79. The first kappa shape index (κ1) is 18.8. The zero-order valence-electron chi connectivity index (χ0n) is 15.7. The van der Waals surface area contributed by atoms with Crippen molar-refractivity contribution < 1.29 is 14.3 Å². The number of pyridine rings is 2. The van der Waals surface area contributed by atoms with Crippen LogP contribution in [0, 0.1) is 0 Å². The van der Waals surface area contributed by atoms with Crippen LogP contribution in [0.2, 0.25) is 0 Å². The largest absolute Gasteiger partial charge is 0.368 e. The summed E-state index contributed by atoms with van der Waals surface area (Å²) in [5, 5.41) is 0. The van der Waals surface area contributed by atoms with Gasteiger partial charge in [-0.15, -0.1) is 0 Å². The molecular weight excluding hydrogens is 368 g/mol. The third kappa shape index (κ3) is 4.14. The first-order chi connectivity index (χ1) is 14.1. The highest BCUT2D eigenvalue weighted by Gasteiger charge is 2.27. The van der Waals surface area contributed by atoms with E-state index in [9.17, 15) is 9.59 Å². The summed E-state index contributed by atoms with van der Waals surface area (Å²) in [7, 11) is 0. The van der Waals surface area contributed by atoms with E-state index in [0.717, 1.165) is 16.8 Å². The highest BCUT2D eigenvalue weighted by Crippen LogP contribution is 2.25. The Morgan fingerprint density at radius 3 is 2.66 bits per heavy atom. The monoisotopic (exact) mass is 388 g/mol. The van der Waals surface area contributed by atoms with Crippen LogP contribution < -0.4 is 5.73 Å². The van der Waals surface area contributed by atoms with Gasteiger partial charge in [-0.3, -0.25) is 19.6 Å². The van der Waals surface area contributed by atoms with Gasteiger partial charge < -0.3 is 15.4 Å². The van der Waals surface area contributed by atoms with Crippen LogP contribution in [-0.2, 0) is 4.74 Å². The van der Waals surface area contributed by atoms with Crippen LogP contribution in [0.15, 0.2) is 67.0 Å². The Morgan fingerprint density at radius 1 is 1.03 bits per heavy atom. The predicted octanol–water partition coefficient (Wildman–Crippen LogP) is 2.46. The minimum absolute atomic E-state index is 0.112. The molecule has 7 nitrogen and oxygen atoms in total. The van der Waals surface area contributed by atoms with Crippen LogP contribution in [0.3, 0.4) is 0 Å². The molecule has 7 heteroatoms. The van der Waals surface area contributed by atoms with Crippen molar-refractivity contribution >= 4 is 11.8 Å². The van der Waals surface area contributed by atoms with Gasteiger partial charge in [0.05, 0.1) is 18.8 Å². The van der Waals surface area contributed by atoms with Crippen molar-refractivity contribution in [3.8, 4) is 11.1 Å². The van der Waals surface area contributed by atoms with Gasteiger partial charge in [-0.25, -0.2) is 0 Å². The second kappa shape index (κ2) is 8.20. The molecule has 0 radical (unpaired) electrons. The molecule has 1 aromatic carbocycles. The summed E-state index contributed by atoms with van der Waals surface area (Å²) in [4.78, 5) is 34.4. The van der Waals surface area contributed by atoms with E-state index in [-0.39, 0.29) is 12.0 Å². The molecular formula is C22H20N4O3. The molecule has 146 valence electrons. The molecule has 0 aliphatic carbocycles. The summed E-state index contributed by atoms with van der Waals surface area (Å²) in [5.41, 5.74) is 8.70. The van der Waals surface area contributed by atoms with Gasteiger partial charge in [-0.2, -0.15) is 0 Å². The van der Waals surface area contributed by atoms with Crippen LogP contribution in [0.1, 0.15) is 32.6 Å². The Hall–Kier alpha value is -3.58. The van der Waals surface area contributed by atoms with Gasteiger partial charge in [-0.1, -0.05) is 24.3 Å². The highest BCUT2D eigenvalue weighted by atomic mass is 16.5. The molecule has 0 saturated carbocycles. The van der Waals surface area contributed by atoms with Gasteiger partial charge >= 0.3 is 0 Å². The SMILES string of the molecule is NC(=O)c1cccc(-c2ccc(C3CN(C(=O)c4ccccn4)CCO3)nc2)c1. The Bertz CT molecular complexity index is 1020. The van der Waals surface area contributed by atoms with E-state index in [1.807, 2.05) is 18.2 Å². The van der Waals surface area contributed by atoms with E-state index >= 15 is 0 Å². The number of hydrogen-bond donors (Lipinski definition) is 1. The van der Waals surface area contributed by atoms with Crippen molar-refractivity contribution in [2.75, 3.05) is 19.7 Å². The van der Waals surface area contributed by atoms with Crippen LogP contribution in [0.5, 0.6) is 0 Å². The quantitative estimate of drug-likeness (QED) is 0.740. The number of carbonyl (C=O) groups is 2. The first-order valence-electron chi connectivity index (χ1n) is 9.30. The summed E-state index contributed by atoms with van der Waals surface area (Å²) in [6, 6.07) is 16.2. The van der Waals surface area contributed by atoms with E-state index < -0.39 is 5.91 Å². The van der Waals surface area contributed by atoms with Crippen molar-refractivity contribution in [3.05, 3.63) is 83.9 Å². The van der Waals surface area contributed by atoms with Crippen LogP contribution >= 0.6 is 0 Å². The summed E-state index contributed by atoms with van der Waals surface area (Å²) in [6.07, 6.45) is 3.04. The second-order valence-electron chi connectivity index (χ2n) is 6.74. The number of amides is 2. The molecule has 2 aromatic heterocycles. The van der Waals surface area contributed by atoms with E-state index in [1.165, 1.54) is 0 Å². The number of primary amides is 1. The van der Waals surface area contributed by atoms with Crippen molar-refractivity contribution in [2.45, 2.75) is 6.10 Å². The smallest absolute Gasteiger partial charge is 0.272 e. The van der Waals surface area contributed by atoms with Crippen molar-refractivity contribution in [3.63, 3.8) is 0 Å². The second-order valence-corrected chi connectivity index (χ2v) is 6.74. The minimum Gasteiger partial charge on any atom is -0.368 e. The summed E-state index contributed by atoms with van der Waals surface area (Å²) in [5.74, 6) is -0.580. The molecule has 3 aromatic rings. The molecule has 2 N–H and O–H groups in total. The number of morpholine rings is 1. The van der Waals surface area contributed by atoms with Crippen LogP contribution in [0.4, 0.5) is 0 Å². The normalized spacial score (nSPS) is 16.4. The number of nitrogens with two attached hydrogens (primary N) is 1. The van der Waals surface area contributed by atoms with E-state index in [4.69, 9.17) is 10.5 Å². The van der Waals surface area contributed by atoms with E-state index in [0.29, 0.717) is 31.0 Å². The Balaban J connectivity index is 1.49. The van der Waals surface area contributed by atoms with E-state index in [1.54, 1.807) is 53.7 Å². The van der Waals surface area contributed by atoms with Gasteiger partial charge in [0.2, 0.25) is 5.91 Å². The summed E-state index contributed by atoms with van der Waals surface area (Å²) < 4.78 is 5.84. The number of carbonyl (C=O) groups excluding carboxylic acids is 2.